The third-order valence-electron chi connectivity index (χ3n) is 7.29. The second-order valence-corrected chi connectivity index (χ2v) is 8.77. The fraction of sp³-hybridized carbons (Fsp3) is 0.500. The van der Waals surface area contributed by atoms with Gasteiger partial charge in [0.15, 0.2) is 0 Å². The molecule has 4 bridgehead atoms. The summed E-state index contributed by atoms with van der Waals surface area (Å²) in [6.45, 7) is 1.07. The lowest BCUT2D eigenvalue weighted by Crippen LogP contribution is -2.48. The third kappa shape index (κ3) is 2.99. The van der Waals surface area contributed by atoms with Gasteiger partial charge in [-0.15, -0.1) is 0 Å². The average molecular weight is 332 g/mol. The van der Waals surface area contributed by atoms with Crippen LogP contribution < -0.4 is 5.32 Å². The van der Waals surface area contributed by atoms with E-state index in [9.17, 15) is 0 Å². The van der Waals surface area contributed by atoms with Crippen molar-refractivity contribution in [2.24, 2.45) is 29.6 Å². The molecule has 1 unspecified atom stereocenters. The van der Waals surface area contributed by atoms with Crippen LogP contribution in [0.3, 0.4) is 0 Å². The monoisotopic (exact) mass is 331 g/mol. The topological polar surface area (TPSA) is 12.0 Å². The highest BCUT2D eigenvalue weighted by Gasteiger charge is 2.50. The van der Waals surface area contributed by atoms with Gasteiger partial charge in [0.1, 0.15) is 0 Å². The van der Waals surface area contributed by atoms with Gasteiger partial charge in [0, 0.05) is 18.2 Å². The zero-order chi connectivity index (χ0) is 16.6. The maximum atomic E-state index is 3.75. The second kappa shape index (κ2) is 6.52. The molecule has 6 rings (SSSR count). The molecular weight excluding hydrogens is 302 g/mol. The van der Waals surface area contributed by atoms with Crippen molar-refractivity contribution in [3.8, 4) is 0 Å². The molecule has 1 nitrogen and oxygen atoms in total. The molecule has 4 aliphatic carbocycles. The zero-order valence-electron chi connectivity index (χ0n) is 15.0. The Balaban J connectivity index is 1.42. The molecule has 2 aromatic carbocycles. The van der Waals surface area contributed by atoms with Crippen molar-refractivity contribution >= 4 is 5.69 Å². The van der Waals surface area contributed by atoms with E-state index in [1.54, 1.807) is 5.56 Å². The summed E-state index contributed by atoms with van der Waals surface area (Å²) in [5.74, 6) is 5.58. The molecule has 4 fully saturated rings. The van der Waals surface area contributed by atoms with Crippen molar-refractivity contribution < 1.29 is 0 Å². The van der Waals surface area contributed by atoms with E-state index < -0.39 is 0 Å². The molecule has 0 aromatic heterocycles. The van der Waals surface area contributed by atoms with Gasteiger partial charge in [-0.25, -0.2) is 0 Å². The number of anilines is 1. The molecule has 4 saturated carbocycles. The highest BCUT2D eigenvalue weighted by molar-refractivity contribution is 5.43. The minimum Gasteiger partial charge on any atom is -0.384 e. The van der Waals surface area contributed by atoms with Gasteiger partial charge in [-0.3, -0.25) is 0 Å². The molecule has 2 aromatic rings. The first kappa shape index (κ1) is 15.5. The van der Waals surface area contributed by atoms with Crippen LogP contribution in [0.25, 0.3) is 0 Å². The predicted octanol–water partition coefficient (Wildman–Crippen LogP) is 5.95. The molecule has 25 heavy (non-hydrogen) atoms. The molecule has 0 radical (unpaired) electrons. The van der Waals surface area contributed by atoms with Crippen molar-refractivity contribution in [2.45, 2.75) is 38.0 Å². The van der Waals surface area contributed by atoms with E-state index in [2.05, 4.69) is 66.0 Å². The first-order valence-electron chi connectivity index (χ1n) is 10.2. The zero-order valence-corrected chi connectivity index (χ0v) is 15.0. The van der Waals surface area contributed by atoms with Crippen LogP contribution >= 0.6 is 0 Å². The number of para-hydroxylation sites is 1. The number of hydrogen-bond donors (Lipinski definition) is 1. The Kier molecular flexibility index (Phi) is 4.04. The van der Waals surface area contributed by atoms with Gasteiger partial charge in [-0.2, -0.15) is 0 Å². The Labute approximate surface area is 151 Å². The van der Waals surface area contributed by atoms with Crippen molar-refractivity contribution in [1.29, 1.82) is 0 Å². The van der Waals surface area contributed by atoms with Gasteiger partial charge >= 0.3 is 0 Å². The van der Waals surface area contributed by atoms with Crippen LogP contribution in [0, 0.1) is 29.6 Å². The number of hydrogen-bond acceptors (Lipinski definition) is 1. The van der Waals surface area contributed by atoms with Gasteiger partial charge in [0.25, 0.3) is 0 Å². The minimum absolute atomic E-state index is 0.649. The lowest BCUT2D eigenvalue weighted by Gasteiger charge is -2.56. The lowest BCUT2D eigenvalue weighted by atomic mass is 9.49. The Morgan fingerprint density at radius 1 is 0.720 bits per heavy atom. The van der Waals surface area contributed by atoms with E-state index >= 15 is 0 Å². The summed E-state index contributed by atoms with van der Waals surface area (Å²) in [5, 5.41) is 3.75. The molecule has 0 aliphatic heterocycles. The Bertz CT molecular complexity index is 665. The number of benzene rings is 2. The summed E-state index contributed by atoms with van der Waals surface area (Å²) >= 11 is 0. The van der Waals surface area contributed by atoms with Gasteiger partial charge in [0.05, 0.1) is 0 Å². The van der Waals surface area contributed by atoms with E-state index in [0.29, 0.717) is 5.92 Å². The maximum Gasteiger partial charge on any atom is 0.0340 e. The molecule has 1 heteroatoms. The van der Waals surface area contributed by atoms with Crippen LogP contribution in [0.15, 0.2) is 60.7 Å². The van der Waals surface area contributed by atoms with Crippen LogP contribution in [-0.4, -0.2) is 6.54 Å². The summed E-state index contributed by atoms with van der Waals surface area (Å²) in [6.07, 6.45) is 7.56. The van der Waals surface area contributed by atoms with Crippen molar-refractivity contribution in [2.75, 3.05) is 11.9 Å². The average Bonchev–Trinajstić information content (AvgIpc) is 2.65. The van der Waals surface area contributed by atoms with E-state index in [4.69, 9.17) is 0 Å². The maximum absolute atomic E-state index is 3.75. The van der Waals surface area contributed by atoms with Crippen LogP contribution in [-0.2, 0) is 0 Å². The highest BCUT2D eigenvalue weighted by atomic mass is 14.9. The first-order valence-corrected chi connectivity index (χ1v) is 10.2. The van der Waals surface area contributed by atoms with Gasteiger partial charge in [-0.1, -0.05) is 48.5 Å². The van der Waals surface area contributed by atoms with Crippen LogP contribution in [0.5, 0.6) is 0 Å². The largest absolute Gasteiger partial charge is 0.384 e. The van der Waals surface area contributed by atoms with Crippen LogP contribution in [0.4, 0.5) is 5.69 Å². The van der Waals surface area contributed by atoms with E-state index in [1.165, 1.54) is 37.8 Å². The molecule has 0 spiro atoms. The molecule has 1 atom stereocenters. The fourth-order valence-corrected chi connectivity index (χ4v) is 6.58. The molecule has 130 valence electrons. The summed E-state index contributed by atoms with van der Waals surface area (Å²) in [4.78, 5) is 0. The van der Waals surface area contributed by atoms with E-state index in [-0.39, 0.29) is 0 Å². The van der Waals surface area contributed by atoms with Gasteiger partial charge in [-0.05, 0) is 79.4 Å². The fourth-order valence-electron chi connectivity index (χ4n) is 6.58. The van der Waals surface area contributed by atoms with Crippen LogP contribution in [0.2, 0.25) is 0 Å². The number of nitrogens with one attached hydrogen (secondary N) is 1. The predicted molar refractivity (Wildman–Crippen MR) is 105 cm³/mol. The highest BCUT2D eigenvalue weighted by Crippen LogP contribution is 2.59. The summed E-state index contributed by atoms with van der Waals surface area (Å²) in [7, 11) is 0. The molecule has 0 heterocycles. The summed E-state index contributed by atoms with van der Waals surface area (Å²) < 4.78 is 0. The van der Waals surface area contributed by atoms with Gasteiger partial charge in [0.2, 0.25) is 0 Å². The number of rotatable bonds is 5. The second-order valence-electron chi connectivity index (χ2n) is 8.77. The van der Waals surface area contributed by atoms with Crippen molar-refractivity contribution in [3.63, 3.8) is 0 Å². The Morgan fingerprint density at radius 3 is 1.88 bits per heavy atom. The molecule has 0 amide bonds. The molecule has 1 N–H and O–H groups in total. The third-order valence-corrected chi connectivity index (χ3v) is 7.29. The Morgan fingerprint density at radius 2 is 1.28 bits per heavy atom. The SMILES string of the molecule is c1ccc(NCC(c2ccccc2)C2C3CC4CC(C3)CC2C4)cc1. The lowest BCUT2D eigenvalue weighted by molar-refractivity contribution is -0.0462. The van der Waals surface area contributed by atoms with Crippen molar-refractivity contribution in [1.82, 2.24) is 0 Å². The summed E-state index contributed by atoms with van der Waals surface area (Å²) in [6, 6.07) is 22.1. The molecular formula is C24H29N. The Hall–Kier alpha value is -1.76. The van der Waals surface area contributed by atoms with Gasteiger partial charge < -0.3 is 5.32 Å². The van der Waals surface area contributed by atoms with Crippen LogP contribution in [0.1, 0.15) is 43.6 Å². The smallest absolute Gasteiger partial charge is 0.0340 e. The first-order chi connectivity index (χ1) is 12.4. The van der Waals surface area contributed by atoms with E-state index in [1.807, 2.05) is 0 Å². The standard InChI is InChI=1S/C24H29N/c1-3-7-19(8-4-1)23(16-25-22-9-5-2-6-10-22)24-20-12-17-11-18(14-20)15-21(24)13-17/h1-10,17-18,20-21,23-25H,11-16H2. The minimum atomic E-state index is 0.649. The van der Waals surface area contributed by atoms with Crippen molar-refractivity contribution in [3.05, 3.63) is 66.2 Å². The molecule has 4 aliphatic rings. The summed E-state index contributed by atoms with van der Waals surface area (Å²) in [5.41, 5.74) is 2.80. The molecule has 0 saturated heterocycles. The van der Waals surface area contributed by atoms with E-state index in [0.717, 1.165) is 36.1 Å². The normalized spacial score (nSPS) is 34.0. The quantitative estimate of drug-likeness (QED) is 0.713.